The second kappa shape index (κ2) is 4.00. The highest BCUT2D eigenvalue weighted by Crippen LogP contribution is 2.39. The Balaban J connectivity index is 2.32. The van der Waals surface area contributed by atoms with E-state index in [1.807, 2.05) is 0 Å². The van der Waals surface area contributed by atoms with Crippen molar-refractivity contribution < 1.29 is 0 Å². The predicted octanol–water partition coefficient (Wildman–Crippen LogP) is 4.38. The zero-order valence-corrected chi connectivity index (χ0v) is 10.4. The summed E-state index contributed by atoms with van der Waals surface area (Å²) in [5, 5.41) is 0. The Morgan fingerprint density at radius 2 is 2.00 bits per heavy atom. The van der Waals surface area contributed by atoms with Gasteiger partial charge in [0.25, 0.3) is 0 Å². The number of hydrogen-bond donors (Lipinski definition) is 0. The maximum atomic E-state index is 2.37. The minimum atomic E-state index is 0.822. The van der Waals surface area contributed by atoms with Crippen LogP contribution in [0.15, 0.2) is 12.1 Å². The molecule has 1 aromatic carbocycles. The van der Waals surface area contributed by atoms with E-state index in [1.165, 1.54) is 24.8 Å². The molecule has 0 fully saturated rings. The van der Waals surface area contributed by atoms with Gasteiger partial charge in [0.2, 0.25) is 0 Å². The lowest BCUT2D eigenvalue weighted by Gasteiger charge is -2.15. The van der Waals surface area contributed by atoms with Gasteiger partial charge in [-0.3, -0.25) is 0 Å². The lowest BCUT2D eigenvalue weighted by atomic mass is 9.90. The molecule has 82 valence electrons. The summed E-state index contributed by atoms with van der Waals surface area (Å²) in [5.74, 6) is 1.65. The van der Waals surface area contributed by atoms with Crippen LogP contribution in [-0.4, -0.2) is 0 Å². The molecule has 0 spiro atoms. The minimum Gasteiger partial charge on any atom is -0.0628 e. The first kappa shape index (κ1) is 10.7. The third kappa shape index (κ3) is 1.95. The molecule has 0 saturated carbocycles. The first-order valence-corrected chi connectivity index (χ1v) is 6.18. The number of aryl methyl sites for hydroxylation is 1. The average Bonchev–Trinajstić information content (AvgIpc) is 2.55. The van der Waals surface area contributed by atoms with Crippen LogP contribution in [0.2, 0.25) is 0 Å². The number of hydrogen-bond acceptors (Lipinski definition) is 0. The quantitative estimate of drug-likeness (QED) is 0.667. The van der Waals surface area contributed by atoms with E-state index >= 15 is 0 Å². The van der Waals surface area contributed by atoms with Gasteiger partial charge >= 0.3 is 0 Å². The zero-order chi connectivity index (χ0) is 11.0. The molecule has 0 amide bonds. The normalized spacial score (nSPS) is 19.7. The third-order valence-electron chi connectivity index (χ3n) is 3.84. The van der Waals surface area contributed by atoms with Crippen molar-refractivity contribution in [3.63, 3.8) is 0 Å². The Hall–Kier alpha value is -0.780. The molecule has 1 unspecified atom stereocenters. The van der Waals surface area contributed by atoms with Crippen LogP contribution in [0.1, 0.15) is 54.9 Å². The van der Waals surface area contributed by atoms with E-state index < -0.39 is 0 Å². The highest BCUT2D eigenvalue weighted by atomic mass is 14.3. The molecule has 1 aliphatic carbocycles. The van der Waals surface area contributed by atoms with Crippen LogP contribution in [0.4, 0.5) is 0 Å². The highest BCUT2D eigenvalue weighted by Gasteiger charge is 2.24. The average molecular weight is 202 g/mol. The molecular weight excluding hydrogens is 180 g/mol. The van der Waals surface area contributed by atoms with Crippen molar-refractivity contribution in [3.05, 3.63) is 34.4 Å². The molecule has 0 heteroatoms. The van der Waals surface area contributed by atoms with Crippen LogP contribution in [0.25, 0.3) is 0 Å². The SMILES string of the molecule is Cc1ccc2c(c1C)CCC2CC(C)C. The van der Waals surface area contributed by atoms with Crippen LogP contribution in [-0.2, 0) is 6.42 Å². The van der Waals surface area contributed by atoms with Crippen LogP contribution in [0.5, 0.6) is 0 Å². The van der Waals surface area contributed by atoms with Crippen molar-refractivity contribution in [3.8, 4) is 0 Å². The summed E-state index contributed by atoms with van der Waals surface area (Å²) in [6, 6.07) is 4.67. The molecule has 0 nitrogen and oxygen atoms in total. The summed E-state index contributed by atoms with van der Waals surface area (Å²) in [7, 11) is 0. The molecule has 1 aliphatic rings. The summed E-state index contributed by atoms with van der Waals surface area (Å²) >= 11 is 0. The van der Waals surface area contributed by atoms with Gasteiger partial charge in [-0.05, 0) is 67.2 Å². The molecule has 1 aromatic rings. The lowest BCUT2D eigenvalue weighted by molar-refractivity contribution is 0.497. The van der Waals surface area contributed by atoms with E-state index in [2.05, 4.69) is 39.8 Å². The number of benzene rings is 1. The monoisotopic (exact) mass is 202 g/mol. The Bertz CT molecular complexity index is 361. The maximum Gasteiger partial charge on any atom is -0.0154 e. The van der Waals surface area contributed by atoms with Gasteiger partial charge in [-0.25, -0.2) is 0 Å². The van der Waals surface area contributed by atoms with Crippen molar-refractivity contribution in [1.82, 2.24) is 0 Å². The van der Waals surface area contributed by atoms with Crippen molar-refractivity contribution >= 4 is 0 Å². The van der Waals surface area contributed by atoms with E-state index in [4.69, 9.17) is 0 Å². The van der Waals surface area contributed by atoms with E-state index in [9.17, 15) is 0 Å². The lowest BCUT2D eigenvalue weighted by Crippen LogP contribution is -1.99. The van der Waals surface area contributed by atoms with Gasteiger partial charge in [0.15, 0.2) is 0 Å². The van der Waals surface area contributed by atoms with Gasteiger partial charge in [-0.1, -0.05) is 26.0 Å². The van der Waals surface area contributed by atoms with Crippen LogP contribution in [0, 0.1) is 19.8 Å². The fourth-order valence-corrected chi connectivity index (χ4v) is 2.90. The van der Waals surface area contributed by atoms with Crippen molar-refractivity contribution in [2.45, 2.75) is 52.9 Å². The second-order valence-corrected chi connectivity index (χ2v) is 5.44. The van der Waals surface area contributed by atoms with E-state index in [0.29, 0.717) is 0 Å². The first-order valence-electron chi connectivity index (χ1n) is 6.18. The first-order chi connectivity index (χ1) is 7.09. The maximum absolute atomic E-state index is 2.37. The highest BCUT2D eigenvalue weighted by molar-refractivity contribution is 5.44. The zero-order valence-electron chi connectivity index (χ0n) is 10.4. The minimum absolute atomic E-state index is 0.822. The van der Waals surface area contributed by atoms with Gasteiger partial charge in [0.05, 0.1) is 0 Å². The standard InChI is InChI=1S/C15H22/c1-10(2)9-13-6-8-14-12(4)11(3)5-7-15(13)14/h5,7,10,13H,6,8-9H2,1-4H3. The Morgan fingerprint density at radius 3 is 2.67 bits per heavy atom. The summed E-state index contributed by atoms with van der Waals surface area (Å²) in [6.07, 6.45) is 4.04. The largest absolute Gasteiger partial charge is 0.0628 e. The molecule has 0 aromatic heterocycles. The fraction of sp³-hybridized carbons (Fsp3) is 0.600. The smallest absolute Gasteiger partial charge is 0.0154 e. The molecule has 0 N–H and O–H groups in total. The van der Waals surface area contributed by atoms with Crippen molar-refractivity contribution in [1.29, 1.82) is 0 Å². The molecule has 15 heavy (non-hydrogen) atoms. The topological polar surface area (TPSA) is 0 Å². The molecule has 0 bridgehead atoms. The Morgan fingerprint density at radius 1 is 1.27 bits per heavy atom. The number of fused-ring (bicyclic) bond motifs is 1. The summed E-state index contributed by atoms with van der Waals surface area (Å²) < 4.78 is 0. The summed E-state index contributed by atoms with van der Waals surface area (Å²) in [5.41, 5.74) is 6.30. The molecular formula is C15H22. The second-order valence-electron chi connectivity index (χ2n) is 5.44. The van der Waals surface area contributed by atoms with Crippen LogP contribution < -0.4 is 0 Å². The summed E-state index contributed by atoms with van der Waals surface area (Å²) in [6.45, 7) is 9.18. The van der Waals surface area contributed by atoms with Gasteiger partial charge in [0.1, 0.15) is 0 Å². The van der Waals surface area contributed by atoms with Crippen LogP contribution in [0.3, 0.4) is 0 Å². The van der Waals surface area contributed by atoms with Gasteiger partial charge < -0.3 is 0 Å². The third-order valence-corrected chi connectivity index (χ3v) is 3.84. The molecule has 0 saturated heterocycles. The van der Waals surface area contributed by atoms with Gasteiger partial charge in [-0.15, -0.1) is 0 Å². The molecule has 1 atom stereocenters. The molecule has 0 aliphatic heterocycles. The Kier molecular flexibility index (Phi) is 2.86. The van der Waals surface area contributed by atoms with Gasteiger partial charge in [-0.2, -0.15) is 0 Å². The van der Waals surface area contributed by atoms with E-state index in [-0.39, 0.29) is 0 Å². The number of rotatable bonds is 2. The predicted molar refractivity (Wildman–Crippen MR) is 66.4 cm³/mol. The van der Waals surface area contributed by atoms with Crippen molar-refractivity contribution in [2.24, 2.45) is 5.92 Å². The van der Waals surface area contributed by atoms with E-state index in [1.54, 1.807) is 16.7 Å². The van der Waals surface area contributed by atoms with E-state index in [0.717, 1.165) is 11.8 Å². The Labute approximate surface area is 93.7 Å². The van der Waals surface area contributed by atoms with Crippen LogP contribution >= 0.6 is 0 Å². The molecule has 0 heterocycles. The van der Waals surface area contributed by atoms with Crippen molar-refractivity contribution in [2.75, 3.05) is 0 Å². The summed E-state index contributed by atoms with van der Waals surface area (Å²) in [4.78, 5) is 0. The fourth-order valence-electron chi connectivity index (χ4n) is 2.90. The van der Waals surface area contributed by atoms with Gasteiger partial charge in [0, 0.05) is 0 Å². The molecule has 0 radical (unpaired) electrons. The molecule has 2 rings (SSSR count).